The quantitative estimate of drug-likeness (QED) is 0.164. The molecule has 0 spiro atoms. The first-order chi connectivity index (χ1) is 41.6. The van der Waals surface area contributed by atoms with E-state index in [1.807, 2.05) is 0 Å². The molecule has 6 heteroatoms. The van der Waals surface area contributed by atoms with E-state index >= 15 is 0 Å². The van der Waals surface area contributed by atoms with Crippen LogP contribution in [0.25, 0.3) is 104 Å². The normalized spacial score (nSPS) is 14.2. The molecule has 0 radical (unpaired) electrons. The van der Waals surface area contributed by atoms with Gasteiger partial charge in [0.15, 0.2) is 0 Å². The number of hydrogen-bond donors (Lipinski definition) is 0. The fraction of sp³-hybridized carbons (Fsp3) is 0.0886. The molecular formula is C79H56BN5. The molecule has 2 aliphatic heterocycles. The molecular weight excluding hydrogens is 1030 g/mol. The molecule has 0 atom stereocenters. The van der Waals surface area contributed by atoms with E-state index in [4.69, 9.17) is 0 Å². The first kappa shape index (κ1) is 47.2. The highest BCUT2D eigenvalue weighted by atomic mass is 15.2. The van der Waals surface area contributed by atoms with Gasteiger partial charge in [0.1, 0.15) is 0 Å². The molecule has 0 N–H and O–H groups in total. The van der Waals surface area contributed by atoms with E-state index in [-0.39, 0.29) is 17.5 Å². The number of anilines is 6. The van der Waals surface area contributed by atoms with Gasteiger partial charge in [-0.2, -0.15) is 0 Å². The lowest BCUT2D eigenvalue weighted by Gasteiger charge is -2.45. The van der Waals surface area contributed by atoms with Crippen LogP contribution in [-0.4, -0.2) is 20.2 Å². The molecule has 3 aliphatic rings. The van der Waals surface area contributed by atoms with Gasteiger partial charge in [0.2, 0.25) is 0 Å². The van der Waals surface area contributed by atoms with Gasteiger partial charge < -0.3 is 23.3 Å². The van der Waals surface area contributed by atoms with Gasteiger partial charge in [-0.15, -0.1) is 0 Å². The Labute approximate surface area is 492 Å². The fourth-order valence-electron chi connectivity index (χ4n) is 16.0. The average Bonchev–Trinajstić information content (AvgIpc) is 1.81. The standard InChI is InChI=1S/C79H56BN5/c1-78(2,3)47-38-74-76-75(39-47)82(49-24-10-7-11-25-49)73-44-59-61-42-51(84-68-34-20-15-29-55(68)56-30-16-21-35-69(56)84)41-60-58-40-50(83-66-32-18-13-27-53(66)54-28-14-19-33-67(54)83)36-37-70(58)85(77(60)61)71(59)46-65(73)80(76)64-45-63-57(52-26-12-17-31-62(52)79(63,4)5)43-72(64)81(74)48-22-8-6-9-23-48/h6-46H,1-5H3. The molecule has 400 valence electrons. The second kappa shape index (κ2) is 16.5. The van der Waals surface area contributed by atoms with E-state index in [9.17, 15) is 0 Å². The summed E-state index contributed by atoms with van der Waals surface area (Å²) in [5, 5.41) is 9.96. The maximum atomic E-state index is 2.62. The first-order valence-corrected chi connectivity index (χ1v) is 30.0. The van der Waals surface area contributed by atoms with E-state index in [1.54, 1.807) is 0 Å². The van der Waals surface area contributed by atoms with Gasteiger partial charge in [0.05, 0.1) is 38.6 Å². The molecule has 19 rings (SSSR count). The molecule has 4 aromatic heterocycles. The minimum absolute atomic E-state index is 0.102. The SMILES string of the molecule is CC(C)(C)c1cc2c3c(c1)N(c1ccccc1)c1cc4c5cc(-n6c7ccccc7c7ccccc76)cc6c7cc(-n8c9ccccc9c9ccccc98)ccc7n(c4cc1B3c1cc3c(cc1N2c1ccccc1)-c1ccccc1C3(C)C)c65. The summed E-state index contributed by atoms with van der Waals surface area (Å²) >= 11 is 0. The lowest BCUT2D eigenvalue weighted by atomic mass is 9.33. The van der Waals surface area contributed by atoms with Crippen LogP contribution in [0.3, 0.4) is 0 Å². The molecule has 16 aromatic rings. The zero-order chi connectivity index (χ0) is 56.4. The Hall–Kier alpha value is -10.3. The highest BCUT2D eigenvalue weighted by Crippen LogP contribution is 2.54. The van der Waals surface area contributed by atoms with Crippen molar-refractivity contribution in [3.8, 4) is 22.5 Å². The van der Waals surface area contributed by atoms with Crippen LogP contribution in [0, 0.1) is 0 Å². The minimum Gasteiger partial charge on any atom is -0.311 e. The predicted molar refractivity (Wildman–Crippen MR) is 360 cm³/mol. The first-order valence-electron chi connectivity index (χ1n) is 30.0. The molecule has 12 aromatic carbocycles. The van der Waals surface area contributed by atoms with Gasteiger partial charge in [-0.05, 0) is 159 Å². The van der Waals surface area contributed by atoms with Crippen molar-refractivity contribution in [2.75, 3.05) is 9.80 Å². The smallest absolute Gasteiger partial charge is 0.252 e. The van der Waals surface area contributed by atoms with Crippen molar-refractivity contribution in [1.29, 1.82) is 0 Å². The molecule has 0 saturated carbocycles. The van der Waals surface area contributed by atoms with Crippen LogP contribution >= 0.6 is 0 Å². The molecule has 6 heterocycles. The third-order valence-electron chi connectivity index (χ3n) is 19.8. The van der Waals surface area contributed by atoms with Crippen molar-refractivity contribution in [2.45, 2.75) is 45.4 Å². The summed E-state index contributed by atoms with van der Waals surface area (Å²) in [6, 6.07) is 94.6. The summed E-state index contributed by atoms with van der Waals surface area (Å²) in [4.78, 5) is 5.21. The molecule has 5 nitrogen and oxygen atoms in total. The lowest BCUT2D eigenvalue weighted by molar-refractivity contribution is 0.590. The number of hydrogen-bond acceptors (Lipinski definition) is 2. The van der Waals surface area contributed by atoms with Crippen LogP contribution in [-0.2, 0) is 10.8 Å². The van der Waals surface area contributed by atoms with Crippen molar-refractivity contribution in [3.05, 3.63) is 265 Å². The minimum atomic E-state index is -0.202. The van der Waals surface area contributed by atoms with Gasteiger partial charge in [-0.25, -0.2) is 0 Å². The lowest BCUT2D eigenvalue weighted by Crippen LogP contribution is -2.61. The van der Waals surface area contributed by atoms with E-state index in [1.165, 1.54) is 149 Å². The van der Waals surface area contributed by atoms with E-state index in [2.05, 4.69) is 307 Å². The van der Waals surface area contributed by atoms with Crippen LogP contribution in [0.2, 0.25) is 0 Å². The summed E-state index contributed by atoms with van der Waals surface area (Å²) < 4.78 is 7.60. The number of benzene rings is 12. The molecule has 85 heavy (non-hydrogen) atoms. The van der Waals surface area contributed by atoms with Gasteiger partial charge in [0, 0.05) is 94.0 Å². The van der Waals surface area contributed by atoms with Crippen LogP contribution in [0.5, 0.6) is 0 Å². The molecule has 0 amide bonds. The van der Waals surface area contributed by atoms with Crippen molar-refractivity contribution >= 4 is 139 Å². The Morgan fingerprint density at radius 3 is 1.36 bits per heavy atom. The van der Waals surface area contributed by atoms with E-state index in [0.717, 1.165) is 22.7 Å². The second-order valence-corrected chi connectivity index (χ2v) is 25.7. The molecule has 0 bridgehead atoms. The Morgan fingerprint density at radius 2 is 0.800 bits per heavy atom. The summed E-state index contributed by atoms with van der Waals surface area (Å²) in [6.45, 7) is 11.8. The average molecular weight is 1090 g/mol. The highest BCUT2D eigenvalue weighted by molar-refractivity contribution is 7.00. The summed E-state index contributed by atoms with van der Waals surface area (Å²) in [7, 11) is 0. The highest BCUT2D eigenvalue weighted by Gasteiger charge is 2.47. The Balaban J connectivity index is 0.965. The van der Waals surface area contributed by atoms with Crippen molar-refractivity contribution in [2.24, 2.45) is 0 Å². The maximum absolute atomic E-state index is 2.62. The predicted octanol–water partition coefficient (Wildman–Crippen LogP) is 18.7. The molecule has 0 unspecified atom stereocenters. The van der Waals surface area contributed by atoms with Crippen molar-refractivity contribution in [3.63, 3.8) is 0 Å². The van der Waals surface area contributed by atoms with Gasteiger partial charge in [-0.3, -0.25) is 0 Å². The Bertz CT molecular complexity index is 5470. The number of nitrogens with zero attached hydrogens (tertiary/aromatic N) is 5. The monoisotopic (exact) mass is 1090 g/mol. The van der Waals surface area contributed by atoms with Crippen molar-refractivity contribution < 1.29 is 0 Å². The van der Waals surface area contributed by atoms with Crippen LogP contribution in [0.4, 0.5) is 34.1 Å². The maximum Gasteiger partial charge on any atom is 0.252 e. The fourth-order valence-corrected chi connectivity index (χ4v) is 16.0. The number of aromatic nitrogens is 3. The largest absolute Gasteiger partial charge is 0.311 e. The number of rotatable bonds is 4. The van der Waals surface area contributed by atoms with Gasteiger partial charge in [0.25, 0.3) is 6.71 Å². The van der Waals surface area contributed by atoms with Gasteiger partial charge >= 0.3 is 0 Å². The zero-order valence-electron chi connectivity index (χ0n) is 48.0. The second-order valence-electron chi connectivity index (χ2n) is 25.7. The molecule has 0 saturated heterocycles. The Morgan fingerprint density at radius 1 is 0.329 bits per heavy atom. The summed E-state index contributed by atoms with van der Waals surface area (Å²) in [5.41, 5.74) is 28.3. The van der Waals surface area contributed by atoms with E-state index in [0.29, 0.717) is 0 Å². The van der Waals surface area contributed by atoms with Crippen LogP contribution in [0.1, 0.15) is 51.3 Å². The topological polar surface area (TPSA) is 20.8 Å². The van der Waals surface area contributed by atoms with Crippen LogP contribution < -0.4 is 26.2 Å². The molecule has 0 fully saturated rings. The summed E-state index contributed by atoms with van der Waals surface area (Å²) in [6.07, 6.45) is 0. The summed E-state index contributed by atoms with van der Waals surface area (Å²) in [5.74, 6) is 0. The zero-order valence-corrected chi connectivity index (χ0v) is 48.0. The number of fused-ring (bicyclic) bond motifs is 19. The third-order valence-corrected chi connectivity index (χ3v) is 19.8. The van der Waals surface area contributed by atoms with Crippen molar-refractivity contribution in [1.82, 2.24) is 13.5 Å². The van der Waals surface area contributed by atoms with Crippen LogP contribution in [0.15, 0.2) is 249 Å². The van der Waals surface area contributed by atoms with E-state index < -0.39 is 0 Å². The number of para-hydroxylation sites is 6. The third kappa shape index (κ3) is 6.18. The Kier molecular flexibility index (Phi) is 9.16. The molecule has 1 aliphatic carbocycles. The van der Waals surface area contributed by atoms with Gasteiger partial charge in [-0.1, -0.05) is 174 Å².